The molecule has 0 radical (unpaired) electrons. The van der Waals surface area contributed by atoms with Crippen LogP contribution in [0.1, 0.15) is 19.3 Å². The van der Waals surface area contributed by atoms with Gasteiger partial charge in [-0.2, -0.15) is 0 Å². The summed E-state index contributed by atoms with van der Waals surface area (Å²) in [7, 11) is 1.51. The first-order chi connectivity index (χ1) is 13.5. The number of nitrogens with zero attached hydrogens (tertiary/aromatic N) is 2. The van der Waals surface area contributed by atoms with E-state index in [1.54, 1.807) is 4.90 Å². The minimum atomic E-state index is -1.05. The number of aliphatic carboxylic acids is 1. The van der Waals surface area contributed by atoms with Crippen LogP contribution in [0.4, 0.5) is 0 Å². The molecule has 0 unspecified atom stereocenters. The molecule has 1 saturated heterocycles. The van der Waals surface area contributed by atoms with E-state index in [1.165, 1.54) is 12.0 Å². The highest BCUT2D eigenvalue weighted by atomic mass is 16.5. The van der Waals surface area contributed by atoms with Crippen LogP contribution in [0.15, 0.2) is 30.3 Å². The summed E-state index contributed by atoms with van der Waals surface area (Å²) in [6, 6.07) is 9.33. The Morgan fingerprint density at radius 1 is 1.14 bits per heavy atom. The van der Waals surface area contributed by atoms with Gasteiger partial charge >= 0.3 is 5.97 Å². The van der Waals surface area contributed by atoms with Crippen LogP contribution in [-0.4, -0.2) is 79.2 Å². The van der Waals surface area contributed by atoms with Gasteiger partial charge in [-0.1, -0.05) is 18.2 Å². The second-order valence-electron chi connectivity index (χ2n) is 6.71. The van der Waals surface area contributed by atoms with Gasteiger partial charge in [-0.05, 0) is 25.0 Å². The van der Waals surface area contributed by atoms with Gasteiger partial charge in [0.25, 0.3) is 0 Å². The van der Waals surface area contributed by atoms with E-state index in [2.05, 4.69) is 0 Å². The number of methoxy groups -OCH3 is 1. The summed E-state index contributed by atoms with van der Waals surface area (Å²) in [4.78, 5) is 39.0. The number of carbonyl (C=O) groups is 3. The molecule has 154 valence electrons. The maximum absolute atomic E-state index is 12.6. The second kappa shape index (κ2) is 11.3. The lowest BCUT2D eigenvalue weighted by atomic mass is 9.95. The van der Waals surface area contributed by atoms with Gasteiger partial charge in [-0.25, -0.2) is 0 Å². The van der Waals surface area contributed by atoms with Gasteiger partial charge in [-0.3, -0.25) is 14.4 Å². The Morgan fingerprint density at radius 2 is 1.82 bits per heavy atom. The number of likely N-dealkylation sites (tertiary alicyclic amines) is 1. The molecule has 2 amide bonds. The molecule has 0 bridgehead atoms. The number of carboxylic acids is 1. The summed E-state index contributed by atoms with van der Waals surface area (Å²) in [5, 5.41) is 9.01. The smallest absolute Gasteiger partial charge is 0.323 e. The topological polar surface area (TPSA) is 96.4 Å². The molecule has 0 aromatic heterocycles. The maximum atomic E-state index is 12.6. The zero-order valence-electron chi connectivity index (χ0n) is 16.2. The quantitative estimate of drug-likeness (QED) is 0.644. The Labute approximate surface area is 165 Å². The summed E-state index contributed by atoms with van der Waals surface area (Å²) in [6.45, 7) is 1.50. The zero-order chi connectivity index (χ0) is 20.4. The van der Waals surface area contributed by atoms with Crippen LogP contribution in [0.25, 0.3) is 0 Å². The monoisotopic (exact) mass is 392 g/mol. The zero-order valence-corrected chi connectivity index (χ0v) is 16.2. The van der Waals surface area contributed by atoms with Crippen LogP contribution in [0, 0.1) is 5.92 Å². The molecule has 1 N–H and O–H groups in total. The number of rotatable bonds is 10. The van der Waals surface area contributed by atoms with E-state index in [1.807, 2.05) is 30.3 Å². The summed E-state index contributed by atoms with van der Waals surface area (Å²) < 4.78 is 10.5. The highest BCUT2D eigenvalue weighted by Gasteiger charge is 2.30. The average molecular weight is 392 g/mol. The molecule has 2 rings (SSSR count). The number of para-hydroxylation sites is 1. The Balaban J connectivity index is 1.76. The van der Waals surface area contributed by atoms with E-state index in [-0.39, 0.29) is 43.8 Å². The highest BCUT2D eigenvalue weighted by molar-refractivity contribution is 5.83. The number of carbonyl (C=O) groups excluding carboxylic acids is 2. The van der Waals surface area contributed by atoms with Crippen molar-refractivity contribution >= 4 is 17.8 Å². The number of benzene rings is 1. The molecule has 1 aliphatic rings. The lowest BCUT2D eigenvalue weighted by molar-refractivity contribution is -0.148. The molecule has 1 aliphatic heterocycles. The van der Waals surface area contributed by atoms with Crippen molar-refractivity contribution < 1.29 is 29.0 Å². The van der Waals surface area contributed by atoms with Gasteiger partial charge in [0, 0.05) is 32.7 Å². The van der Waals surface area contributed by atoms with E-state index >= 15 is 0 Å². The van der Waals surface area contributed by atoms with Crippen molar-refractivity contribution in [2.75, 3.05) is 46.5 Å². The van der Waals surface area contributed by atoms with Gasteiger partial charge in [0.15, 0.2) is 0 Å². The van der Waals surface area contributed by atoms with Crippen LogP contribution < -0.4 is 4.74 Å². The molecular weight excluding hydrogens is 364 g/mol. The fourth-order valence-electron chi connectivity index (χ4n) is 3.20. The highest BCUT2D eigenvalue weighted by Crippen LogP contribution is 2.20. The lowest BCUT2D eigenvalue weighted by Crippen LogP contribution is -2.46. The van der Waals surface area contributed by atoms with Crippen LogP contribution in [0.3, 0.4) is 0 Å². The lowest BCUT2D eigenvalue weighted by Gasteiger charge is -2.34. The van der Waals surface area contributed by atoms with Crippen LogP contribution in [0.5, 0.6) is 5.75 Å². The molecular formula is C20H28N2O6. The Morgan fingerprint density at radius 3 is 2.43 bits per heavy atom. The predicted octanol–water partition coefficient (Wildman–Crippen LogP) is 1.25. The van der Waals surface area contributed by atoms with Crippen molar-refractivity contribution in [2.24, 2.45) is 5.92 Å². The summed E-state index contributed by atoms with van der Waals surface area (Å²) in [5.41, 5.74) is 0. The standard InChI is InChI=1S/C20H28N2O6/c1-27-14-12-22(15-19(24)25)20(26)16-7-10-21(11-8-16)18(23)9-13-28-17-5-3-2-4-6-17/h2-6,16H,7-15H2,1H3,(H,24,25). The molecule has 0 aliphatic carbocycles. The molecule has 1 fully saturated rings. The van der Waals surface area contributed by atoms with E-state index < -0.39 is 5.97 Å². The van der Waals surface area contributed by atoms with Gasteiger partial charge in [-0.15, -0.1) is 0 Å². The first-order valence-corrected chi connectivity index (χ1v) is 9.46. The first-order valence-electron chi connectivity index (χ1n) is 9.46. The number of hydrogen-bond acceptors (Lipinski definition) is 5. The molecule has 1 heterocycles. The van der Waals surface area contributed by atoms with Crippen molar-refractivity contribution in [3.8, 4) is 5.75 Å². The van der Waals surface area contributed by atoms with Crippen molar-refractivity contribution in [2.45, 2.75) is 19.3 Å². The second-order valence-corrected chi connectivity index (χ2v) is 6.71. The number of piperidine rings is 1. The van der Waals surface area contributed by atoms with Gasteiger partial charge in [0.05, 0.1) is 19.6 Å². The molecule has 8 nitrogen and oxygen atoms in total. The number of hydrogen-bond donors (Lipinski definition) is 1. The minimum Gasteiger partial charge on any atom is -0.493 e. The van der Waals surface area contributed by atoms with Crippen molar-refractivity contribution in [3.05, 3.63) is 30.3 Å². The van der Waals surface area contributed by atoms with Gasteiger partial charge < -0.3 is 24.4 Å². The predicted molar refractivity (Wildman–Crippen MR) is 102 cm³/mol. The fraction of sp³-hybridized carbons (Fsp3) is 0.550. The average Bonchev–Trinajstić information content (AvgIpc) is 2.71. The largest absolute Gasteiger partial charge is 0.493 e. The van der Waals surface area contributed by atoms with Crippen LogP contribution in [0.2, 0.25) is 0 Å². The fourth-order valence-corrected chi connectivity index (χ4v) is 3.20. The molecule has 0 spiro atoms. The number of carboxylic acid groups (broad SMARTS) is 1. The molecule has 0 saturated carbocycles. The Kier molecular flexibility index (Phi) is 8.74. The normalized spacial score (nSPS) is 14.5. The van der Waals surface area contributed by atoms with Crippen molar-refractivity contribution in [1.29, 1.82) is 0 Å². The third-order valence-electron chi connectivity index (χ3n) is 4.73. The summed E-state index contributed by atoms with van der Waals surface area (Å²) in [6.07, 6.45) is 1.35. The van der Waals surface area contributed by atoms with E-state index in [9.17, 15) is 14.4 Å². The molecule has 28 heavy (non-hydrogen) atoms. The molecule has 8 heteroatoms. The van der Waals surface area contributed by atoms with Gasteiger partial charge in [0.1, 0.15) is 12.3 Å². The Bertz CT molecular complexity index is 643. The first kappa shape index (κ1) is 21.7. The van der Waals surface area contributed by atoms with E-state index in [4.69, 9.17) is 14.6 Å². The van der Waals surface area contributed by atoms with Crippen LogP contribution >= 0.6 is 0 Å². The number of amides is 2. The van der Waals surface area contributed by atoms with Gasteiger partial charge in [0.2, 0.25) is 11.8 Å². The summed E-state index contributed by atoms with van der Waals surface area (Å²) >= 11 is 0. The molecule has 0 atom stereocenters. The SMILES string of the molecule is COCCN(CC(=O)O)C(=O)C1CCN(C(=O)CCOc2ccccc2)CC1. The van der Waals surface area contributed by atoms with Crippen molar-refractivity contribution in [3.63, 3.8) is 0 Å². The number of ether oxygens (including phenoxy) is 2. The summed E-state index contributed by atoms with van der Waals surface area (Å²) in [5.74, 6) is -0.756. The van der Waals surface area contributed by atoms with E-state index in [0.29, 0.717) is 32.5 Å². The minimum absolute atomic E-state index is 0.00334. The Hall–Kier alpha value is -2.61. The third-order valence-corrected chi connectivity index (χ3v) is 4.73. The van der Waals surface area contributed by atoms with Crippen molar-refractivity contribution in [1.82, 2.24) is 9.80 Å². The van der Waals surface area contributed by atoms with E-state index in [0.717, 1.165) is 5.75 Å². The third kappa shape index (κ3) is 6.84. The molecule has 1 aromatic rings. The van der Waals surface area contributed by atoms with Crippen LogP contribution in [-0.2, 0) is 19.1 Å². The molecule has 1 aromatic carbocycles. The maximum Gasteiger partial charge on any atom is 0.323 e.